The van der Waals surface area contributed by atoms with Gasteiger partial charge in [-0.2, -0.15) is 5.26 Å². The summed E-state index contributed by atoms with van der Waals surface area (Å²) in [6.07, 6.45) is 0. The Balaban J connectivity index is 2.83. The van der Waals surface area contributed by atoms with Gasteiger partial charge in [0.2, 0.25) is 0 Å². The molecule has 0 spiro atoms. The number of rotatable bonds is 2. The number of nitrogens with zero attached hydrogens (tertiary/aromatic N) is 3. The molecule has 0 bridgehead atoms. The molecule has 0 saturated carbocycles. The van der Waals surface area contributed by atoms with Gasteiger partial charge in [-0.15, -0.1) is 10.2 Å². The molecule has 0 aromatic rings. The quantitative estimate of drug-likeness (QED) is 0.644. The Labute approximate surface area is 65.6 Å². The van der Waals surface area contributed by atoms with E-state index >= 15 is 0 Å². The minimum Gasteiger partial charge on any atom is -0.384 e. The number of nitriles is 1. The molecule has 1 heterocycles. The van der Waals surface area contributed by atoms with Gasteiger partial charge < -0.3 is 5.11 Å². The van der Waals surface area contributed by atoms with Crippen LogP contribution >= 0.6 is 0 Å². The van der Waals surface area contributed by atoms with Crippen LogP contribution in [0, 0.1) is 17.2 Å². The number of aliphatic hydroxyl groups is 1. The summed E-state index contributed by atoms with van der Waals surface area (Å²) in [7, 11) is 0. The van der Waals surface area contributed by atoms with Crippen LogP contribution in [0.4, 0.5) is 0 Å². The first-order valence-electron chi connectivity index (χ1n) is 3.54. The van der Waals surface area contributed by atoms with Crippen LogP contribution in [0.25, 0.3) is 0 Å². The second-order valence-corrected chi connectivity index (χ2v) is 3.29. The maximum absolute atomic E-state index is 9.77. The summed E-state index contributed by atoms with van der Waals surface area (Å²) in [6, 6.07) is 1.89. The van der Waals surface area contributed by atoms with E-state index in [-0.39, 0.29) is 5.92 Å². The third-order valence-corrected chi connectivity index (χ3v) is 2.29. The molecule has 0 radical (unpaired) electrons. The zero-order chi connectivity index (χ0) is 8.70. The average Bonchev–Trinajstić information content (AvgIpc) is 2.66. The highest BCUT2D eigenvalue weighted by molar-refractivity contribution is 5.22. The number of hydrogen-bond acceptors (Lipinski definition) is 4. The van der Waals surface area contributed by atoms with Crippen LogP contribution in [0.15, 0.2) is 10.2 Å². The van der Waals surface area contributed by atoms with Crippen molar-refractivity contribution in [1.82, 2.24) is 0 Å². The van der Waals surface area contributed by atoms with Gasteiger partial charge in [-0.25, -0.2) is 0 Å². The lowest BCUT2D eigenvalue weighted by molar-refractivity contribution is -0.0113. The molecule has 1 aliphatic heterocycles. The predicted molar refractivity (Wildman–Crippen MR) is 38.7 cm³/mol. The molecule has 0 aliphatic carbocycles. The zero-order valence-electron chi connectivity index (χ0n) is 6.87. The van der Waals surface area contributed by atoms with Crippen LogP contribution in [0.3, 0.4) is 0 Å². The van der Waals surface area contributed by atoms with Gasteiger partial charge in [0.15, 0.2) is 0 Å². The fraction of sp³-hybridized carbons (Fsp3) is 0.857. The first-order valence-corrected chi connectivity index (χ1v) is 3.54. The topological polar surface area (TPSA) is 68.7 Å². The Hall–Kier alpha value is -0.950. The molecular formula is C7H11N3O. The average molecular weight is 153 g/mol. The first kappa shape index (κ1) is 8.15. The molecule has 1 rings (SSSR count). The second kappa shape index (κ2) is 2.02. The summed E-state index contributed by atoms with van der Waals surface area (Å²) in [5, 5.41) is 25.5. The molecule has 0 fully saturated rings. The van der Waals surface area contributed by atoms with E-state index in [2.05, 4.69) is 10.2 Å². The lowest BCUT2D eigenvalue weighted by Crippen LogP contribution is -2.46. The Morgan fingerprint density at radius 2 is 2.00 bits per heavy atom. The summed E-state index contributed by atoms with van der Waals surface area (Å²) in [4.78, 5) is 0. The van der Waals surface area contributed by atoms with Crippen molar-refractivity contribution in [1.29, 1.82) is 5.26 Å². The molecule has 0 aromatic heterocycles. The Kier molecular flexibility index (Phi) is 1.49. The van der Waals surface area contributed by atoms with Crippen molar-refractivity contribution in [3.05, 3.63) is 0 Å². The van der Waals surface area contributed by atoms with Gasteiger partial charge in [0, 0.05) is 0 Å². The smallest absolute Gasteiger partial charge is 0.302 e. The molecule has 1 atom stereocenters. The van der Waals surface area contributed by atoms with Crippen molar-refractivity contribution in [2.45, 2.75) is 32.0 Å². The summed E-state index contributed by atoms with van der Waals surface area (Å²) >= 11 is 0. The second-order valence-electron chi connectivity index (χ2n) is 3.29. The SMILES string of the molecule is CC(C)C(C)(O)C1(C#N)N=N1. The fourth-order valence-corrected chi connectivity index (χ4v) is 0.813. The lowest BCUT2D eigenvalue weighted by Gasteiger charge is -2.28. The molecule has 4 heteroatoms. The summed E-state index contributed by atoms with van der Waals surface area (Å²) in [5.41, 5.74) is -2.32. The van der Waals surface area contributed by atoms with Gasteiger partial charge in [-0.3, -0.25) is 0 Å². The van der Waals surface area contributed by atoms with E-state index in [4.69, 9.17) is 5.26 Å². The molecule has 11 heavy (non-hydrogen) atoms. The van der Waals surface area contributed by atoms with Crippen LogP contribution in [0.1, 0.15) is 20.8 Å². The molecule has 1 unspecified atom stereocenters. The fourth-order valence-electron chi connectivity index (χ4n) is 0.813. The first-order chi connectivity index (χ1) is 4.96. The van der Waals surface area contributed by atoms with E-state index < -0.39 is 11.3 Å². The monoisotopic (exact) mass is 153 g/mol. The number of hydrogen-bond donors (Lipinski definition) is 1. The van der Waals surface area contributed by atoms with Gasteiger partial charge in [-0.1, -0.05) is 13.8 Å². The van der Waals surface area contributed by atoms with Crippen LogP contribution in [0.5, 0.6) is 0 Å². The van der Waals surface area contributed by atoms with E-state index in [1.165, 1.54) is 0 Å². The molecule has 0 aromatic carbocycles. The predicted octanol–water partition coefficient (Wildman–Crippen LogP) is 1.08. The van der Waals surface area contributed by atoms with Crippen LogP contribution in [-0.2, 0) is 0 Å². The third-order valence-electron chi connectivity index (χ3n) is 2.29. The van der Waals surface area contributed by atoms with Gasteiger partial charge in [0.05, 0.1) is 0 Å². The van der Waals surface area contributed by atoms with E-state index in [0.29, 0.717) is 0 Å². The Morgan fingerprint density at radius 1 is 1.55 bits per heavy atom. The Bertz CT molecular complexity index is 231. The minimum atomic E-state index is -1.18. The van der Waals surface area contributed by atoms with Gasteiger partial charge in [-0.05, 0) is 12.8 Å². The highest BCUT2D eigenvalue weighted by Crippen LogP contribution is 2.42. The van der Waals surface area contributed by atoms with Gasteiger partial charge in [0.25, 0.3) is 0 Å². The molecule has 60 valence electrons. The summed E-state index contributed by atoms with van der Waals surface area (Å²) < 4.78 is 0. The third kappa shape index (κ3) is 0.925. The van der Waals surface area contributed by atoms with Crippen molar-refractivity contribution in [3.8, 4) is 6.07 Å². The zero-order valence-corrected chi connectivity index (χ0v) is 6.87. The van der Waals surface area contributed by atoms with Gasteiger partial charge in [0.1, 0.15) is 11.7 Å². The van der Waals surface area contributed by atoms with E-state index in [9.17, 15) is 5.11 Å². The standard InChI is InChI=1S/C7H11N3O/c1-5(2)6(3,11)7(4-8)9-10-7/h5,11H,1-3H3. The molecule has 1 aliphatic rings. The highest BCUT2D eigenvalue weighted by Gasteiger charge is 2.58. The van der Waals surface area contributed by atoms with Crippen molar-refractivity contribution in [2.75, 3.05) is 0 Å². The van der Waals surface area contributed by atoms with E-state index in [1.807, 2.05) is 19.9 Å². The summed E-state index contributed by atoms with van der Waals surface area (Å²) in [6.45, 7) is 5.26. The maximum atomic E-state index is 9.77. The Morgan fingerprint density at radius 3 is 2.09 bits per heavy atom. The van der Waals surface area contributed by atoms with Crippen LogP contribution in [-0.4, -0.2) is 16.4 Å². The molecule has 1 N–H and O–H groups in total. The highest BCUT2D eigenvalue weighted by atomic mass is 16.3. The van der Waals surface area contributed by atoms with Gasteiger partial charge >= 0.3 is 5.66 Å². The lowest BCUT2D eigenvalue weighted by atomic mass is 9.83. The molecule has 4 nitrogen and oxygen atoms in total. The van der Waals surface area contributed by atoms with Crippen LogP contribution < -0.4 is 0 Å². The summed E-state index contributed by atoms with van der Waals surface area (Å²) in [5.74, 6) is -0.0304. The molecule has 0 amide bonds. The van der Waals surface area contributed by atoms with E-state index in [1.54, 1.807) is 6.92 Å². The van der Waals surface area contributed by atoms with E-state index in [0.717, 1.165) is 0 Å². The van der Waals surface area contributed by atoms with Crippen LogP contribution in [0.2, 0.25) is 0 Å². The normalized spacial score (nSPS) is 24.4. The maximum Gasteiger partial charge on any atom is 0.302 e. The molecule has 0 saturated heterocycles. The minimum absolute atomic E-state index is 0.0304. The van der Waals surface area contributed by atoms with Crippen molar-refractivity contribution in [2.24, 2.45) is 16.1 Å². The largest absolute Gasteiger partial charge is 0.384 e. The van der Waals surface area contributed by atoms with Crippen molar-refractivity contribution < 1.29 is 5.11 Å². The van der Waals surface area contributed by atoms with Crippen molar-refractivity contribution >= 4 is 0 Å². The van der Waals surface area contributed by atoms with Crippen molar-refractivity contribution in [3.63, 3.8) is 0 Å². The molecular weight excluding hydrogens is 142 g/mol.